The summed E-state index contributed by atoms with van der Waals surface area (Å²) in [7, 11) is 0. The highest BCUT2D eigenvalue weighted by atomic mass is 32.1. The fourth-order valence-electron chi connectivity index (χ4n) is 1.62. The van der Waals surface area contributed by atoms with Gasteiger partial charge in [0, 0.05) is 6.54 Å². The van der Waals surface area contributed by atoms with Gasteiger partial charge in [-0.1, -0.05) is 42.5 Å². The topological polar surface area (TPSA) is 21.3 Å². The van der Waals surface area contributed by atoms with Gasteiger partial charge >= 0.3 is 0 Å². The second-order valence-corrected chi connectivity index (χ2v) is 3.91. The summed E-state index contributed by atoms with van der Waals surface area (Å²) in [4.78, 5) is 0.773. The molecule has 0 amide bonds. The molecule has 1 aromatic rings. The van der Waals surface area contributed by atoms with Gasteiger partial charge in [0.2, 0.25) is 0 Å². The molecule has 1 unspecified atom stereocenters. The molecule has 2 rings (SSSR count). The minimum absolute atomic E-state index is 0.450. The van der Waals surface area contributed by atoms with E-state index in [4.69, 9.17) is 17.0 Å². The minimum atomic E-state index is -0.450. The third kappa shape index (κ3) is 1.53. The Labute approximate surface area is 89.3 Å². The van der Waals surface area contributed by atoms with Crippen LogP contribution in [-0.4, -0.2) is 18.1 Å². The second-order valence-electron chi connectivity index (χ2n) is 3.50. The Morgan fingerprint density at radius 2 is 2.07 bits per heavy atom. The van der Waals surface area contributed by atoms with E-state index in [0.717, 1.165) is 17.1 Å². The molecule has 0 aromatic heterocycles. The first kappa shape index (κ1) is 9.62. The zero-order valence-electron chi connectivity index (χ0n) is 8.12. The van der Waals surface area contributed by atoms with Crippen molar-refractivity contribution in [1.82, 2.24) is 5.32 Å². The predicted molar refractivity (Wildman–Crippen MR) is 60.3 cm³/mol. The van der Waals surface area contributed by atoms with E-state index >= 15 is 0 Å². The van der Waals surface area contributed by atoms with E-state index in [1.54, 1.807) is 0 Å². The average molecular weight is 207 g/mol. The average Bonchev–Trinajstić information content (AvgIpc) is 2.24. The van der Waals surface area contributed by atoms with Gasteiger partial charge in [0.1, 0.15) is 10.6 Å². The largest absolute Gasteiger partial charge is 0.375 e. The first-order chi connectivity index (χ1) is 6.73. The van der Waals surface area contributed by atoms with Crippen molar-refractivity contribution in [3.05, 3.63) is 35.9 Å². The van der Waals surface area contributed by atoms with Crippen molar-refractivity contribution in [2.75, 3.05) is 13.2 Å². The first-order valence-corrected chi connectivity index (χ1v) is 5.12. The quantitative estimate of drug-likeness (QED) is 0.710. The number of benzene rings is 1. The molecule has 1 N–H and O–H groups in total. The molecule has 0 bridgehead atoms. The van der Waals surface area contributed by atoms with Crippen LogP contribution in [0.15, 0.2) is 30.3 Å². The summed E-state index contributed by atoms with van der Waals surface area (Å²) in [5.74, 6) is 0. The molecular weight excluding hydrogens is 194 g/mol. The van der Waals surface area contributed by atoms with E-state index < -0.39 is 5.60 Å². The Kier molecular flexibility index (Phi) is 2.52. The van der Waals surface area contributed by atoms with Crippen molar-refractivity contribution < 1.29 is 4.74 Å². The monoisotopic (exact) mass is 207 g/mol. The number of ether oxygens (including phenoxy) is 1. The molecule has 1 aliphatic heterocycles. The van der Waals surface area contributed by atoms with Gasteiger partial charge in [-0.05, 0) is 12.5 Å². The summed E-state index contributed by atoms with van der Waals surface area (Å²) in [6.07, 6.45) is 0. The fraction of sp³-hybridized carbons (Fsp3) is 0.364. The van der Waals surface area contributed by atoms with Gasteiger partial charge in [0.15, 0.2) is 0 Å². The Bertz CT molecular complexity index is 338. The zero-order valence-corrected chi connectivity index (χ0v) is 8.93. The van der Waals surface area contributed by atoms with Crippen LogP contribution in [0.1, 0.15) is 12.5 Å². The van der Waals surface area contributed by atoms with Crippen LogP contribution in [0.2, 0.25) is 0 Å². The summed E-state index contributed by atoms with van der Waals surface area (Å²) in [5.41, 5.74) is 0.659. The van der Waals surface area contributed by atoms with Gasteiger partial charge in [-0.2, -0.15) is 0 Å². The third-order valence-corrected chi connectivity index (χ3v) is 3.07. The molecular formula is C11H13NOS. The number of hydrogen-bond acceptors (Lipinski definition) is 2. The van der Waals surface area contributed by atoms with Crippen LogP contribution in [0, 0.1) is 0 Å². The van der Waals surface area contributed by atoms with Gasteiger partial charge in [-0.15, -0.1) is 0 Å². The smallest absolute Gasteiger partial charge is 0.140 e. The Morgan fingerprint density at radius 1 is 1.36 bits per heavy atom. The summed E-state index contributed by atoms with van der Waals surface area (Å²) >= 11 is 5.29. The zero-order chi connectivity index (χ0) is 10.0. The predicted octanol–water partition coefficient (Wildman–Crippen LogP) is 1.85. The van der Waals surface area contributed by atoms with Gasteiger partial charge in [0.05, 0.1) is 6.61 Å². The van der Waals surface area contributed by atoms with Crippen LogP contribution in [0.25, 0.3) is 0 Å². The van der Waals surface area contributed by atoms with Crippen LogP contribution in [-0.2, 0) is 10.3 Å². The molecule has 0 saturated carbocycles. The lowest BCUT2D eigenvalue weighted by molar-refractivity contribution is 0.00699. The molecule has 3 heteroatoms. The highest BCUT2D eigenvalue weighted by Gasteiger charge is 2.34. The maximum Gasteiger partial charge on any atom is 0.140 e. The highest BCUT2D eigenvalue weighted by molar-refractivity contribution is 7.80. The van der Waals surface area contributed by atoms with Crippen LogP contribution < -0.4 is 5.32 Å². The summed E-state index contributed by atoms with van der Waals surface area (Å²) in [6.45, 7) is 3.52. The van der Waals surface area contributed by atoms with Crippen molar-refractivity contribution in [3.8, 4) is 0 Å². The minimum Gasteiger partial charge on any atom is -0.375 e. The van der Waals surface area contributed by atoms with Crippen LogP contribution in [0.3, 0.4) is 0 Å². The van der Waals surface area contributed by atoms with E-state index in [2.05, 4.69) is 5.32 Å². The van der Waals surface area contributed by atoms with E-state index in [1.165, 1.54) is 0 Å². The number of nitrogens with one attached hydrogen (secondary N) is 1. The lowest BCUT2D eigenvalue weighted by Gasteiger charge is -2.35. The first-order valence-electron chi connectivity index (χ1n) is 4.71. The van der Waals surface area contributed by atoms with Crippen LogP contribution in [0.5, 0.6) is 0 Å². The van der Waals surface area contributed by atoms with Crippen molar-refractivity contribution in [2.45, 2.75) is 12.5 Å². The SMILES string of the molecule is CC1(c2ccccc2)OCCNC1=S. The number of hydrogen-bond donors (Lipinski definition) is 1. The molecule has 1 aromatic carbocycles. The Morgan fingerprint density at radius 3 is 2.71 bits per heavy atom. The molecule has 1 heterocycles. The molecule has 1 fully saturated rings. The second kappa shape index (κ2) is 3.67. The lowest BCUT2D eigenvalue weighted by atomic mass is 9.94. The summed E-state index contributed by atoms with van der Waals surface area (Å²) < 4.78 is 5.76. The number of morpholine rings is 1. The molecule has 2 nitrogen and oxygen atoms in total. The molecule has 74 valence electrons. The molecule has 1 saturated heterocycles. The van der Waals surface area contributed by atoms with Gasteiger partial charge < -0.3 is 10.1 Å². The van der Waals surface area contributed by atoms with Crippen molar-refractivity contribution in [2.24, 2.45) is 0 Å². The van der Waals surface area contributed by atoms with E-state index in [1.807, 2.05) is 37.3 Å². The Hall–Kier alpha value is -0.930. The van der Waals surface area contributed by atoms with E-state index in [-0.39, 0.29) is 0 Å². The van der Waals surface area contributed by atoms with Crippen molar-refractivity contribution >= 4 is 17.2 Å². The van der Waals surface area contributed by atoms with Crippen molar-refractivity contribution in [1.29, 1.82) is 0 Å². The maximum absolute atomic E-state index is 5.76. The fourth-order valence-corrected chi connectivity index (χ4v) is 1.90. The van der Waals surface area contributed by atoms with E-state index in [0.29, 0.717) is 6.61 Å². The van der Waals surface area contributed by atoms with Crippen LogP contribution in [0.4, 0.5) is 0 Å². The molecule has 14 heavy (non-hydrogen) atoms. The number of thiocarbonyl (C=S) groups is 1. The van der Waals surface area contributed by atoms with Gasteiger partial charge in [-0.3, -0.25) is 0 Å². The third-order valence-electron chi connectivity index (χ3n) is 2.54. The Balaban J connectivity index is 2.35. The lowest BCUT2D eigenvalue weighted by Crippen LogP contribution is -2.49. The normalized spacial score (nSPS) is 27.1. The molecule has 1 aliphatic rings. The molecule has 0 radical (unpaired) electrons. The summed E-state index contributed by atoms with van der Waals surface area (Å²) in [6, 6.07) is 10.1. The van der Waals surface area contributed by atoms with Gasteiger partial charge in [-0.25, -0.2) is 0 Å². The molecule has 1 atom stereocenters. The van der Waals surface area contributed by atoms with E-state index in [9.17, 15) is 0 Å². The van der Waals surface area contributed by atoms with Crippen molar-refractivity contribution in [3.63, 3.8) is 0 Å². The summed E-state index contributed by atoms with van der Waals surface area (Å²) in [5, 5.41) is 3.18. The molecule has 0 spiro atoms. The van der Waals surface area contributed by atoms with Gasteiger partial charge in [0.25, 0.3) is 0 Å². The van der Waals surface area contributed by atoms with Crippen LogP contribution >= 0.6 is 12.2 Å². The highest BCUT2D eigenvalue weighted by Crippen LogP contribution is 2.27. The molecule has 0 aliphatic carbocycles. The maximum atomic E-state index is 5.76. The number of rotatable bonds is 1. The standard InChI is InChI=1S/C11H13NOS/c1-11(9-5-3-2-4-6-9)10(14)12-7-8-13-11/h2-6H,7-8H2,1H3,(H,12,14).